The normalized spacial score (nSPS) is 11.3. The molecule has 2 rings (SSSR count). The van der Waals surface area contributed by atoms with E-state index in [1.807, 2.05) is 0 Å². The summed E-state index contributed by atoms with van der Waals surface area (Å²) >= 11 is 3.03. The molecule has 0 saturated heterocycles. The molecule has 0 unspecified atom stereocenters. The van der Waals surface area contributed by atoms with E-state index >= 15 is 0 Å². The van der Waals surface area contributed by atoms with Gasteiger partial charge in [-0.15, -0.1) is 13.2 Å². The van der Waals surface area contributed by atoms with Crippen LogP contribution in [-0.2, 0) is 0 Å². The third-order valence-electron chi connectivity index (χ3n) is 2.05. The molecular formula is C11H6BrF3N2O. The Kier molecular flexibility index (Phi) is 3.51. The second kappa shape index (κ2) is 4.93. The molecule has 0 saturated carbocycles. The molecule has 0 fully saturated rings. The van der Waals surface area contributed by atoms with Crippen LogP contribution in [0.1, 0.15) is 0 Å². The van der Waals surface area contributed by atoms with Crippen LogP contribution in [0, 0.1) is 0 Å². The molecule has 0 amide bonds. The third-order valence-corrected chi connectivity index (χ3v) is 2.67. The number of benzene rings is 1. The van der Waals surface area contributed by atoms with Crippen molar-refractivity contribution < 1.29 is 17.9 Å². The average molecular weight is 319 g/mol. The summed E-state index contributed by atoms with van der Waals surface area (Å²) in [6.45, 7) is 0. The zero-order valence-electron chi connectivity index (χ0n) is 8.78. The van der Waals surface area contributed by atoms with E-state index in [9.17, 15) is 13.2 Å². The Morgan fingerprint density at radius 2 is 1.72 bits per heavy atom. The molecule has 18 heavy (non-hydrogen) atoms. The zero-order chi connectivity index (χ0) is 13.2. The van der Waals surface area contributed by atoms with Crippen LogP contribution in [0.25, 0.3) is 11.1 Å². The van der Waals surface area contributed by atoms with Gasteiger partial charge in [-0.1, -0.05) is 6.07 Å². The Morgan fingerprint density at radius 3 is 2.28 bits per heavy atom. The molecule has 2 aromatic rings. The molecule has 7 heteroatoms. The van der Waals surface area contributed by atoms with Gasteiger partial charge in [0, 0.05) is 18.0 Å². The summed E-state index contributed by atoms with van der Waals surface area (Å²) in [6.07, 6.45) is -0.197. The molecule has 0 atom stereocenters. The molecule has 0 aliphatic carbocycles. The second-order valence-corrected chi connectivity index (χ2v) is 4.17. The third kappa shape index (κ3) is 3.19. The van der Waals surface area contributed by atoms with Crippen molar-refractivity contribution in [1.82, 2.24) is 9.97 Å². The van der Waals surface area contributed by atoms with Gasteiger partial charge < -0.3 is 4.74 Å². The monoisotopic (exact) mass is 318 g/mol. The Balaban J connectivity index is 2.31. The van der Waals surface area contributed by atoms with Crippen molar-refractivity contribution in [3.63, 3.8) is 0 Å². The molecule has 94 valence electrons. The molecule has 0 aliphatic rings. The molecule has 3 nitrogen and oxygen atoms in total. The largest absolute Gasteiger partial charge is 0.573 e. The highest BCUT2D eigenvalue weighted by Gasteiger charge is 2.31. The highest BCUT2D eigenvalue weighted by atomic mass is 79.9. The lowest BCUT2D eigenvalue weighted by Gasteiger charge is -2.11. The van der Waals surface area contributed by atoms with Gasteiger partial charge in [0.1, 0.15) is 12.1 Å². The topological polar surface area (TPSA) is 35.0 Å². The number of ether oxygens (including phenoxy) is 1. The number of hydrogen-bond acceptors (Lipinski definition) is 3. The highest BCUT2D eigenvalue weighted by molar-refractivity contribution is 9.10. The van der Waals surface area contributed by atoms with Crippen molar-refractivity contribution >= 4 is 15.9 Å². The van der Waals surface area contributed by atoms with Crippen LogP contribution in [0.2, 0.25) is 0 Å². The Labute approximate surface area is 109 Å². The van der Waals surface area contributed by atoms with Crippen molar-refractivity contribution in [3.05, 3.63) is 41.4 Å². The maximum absolute atomic E-state index is 12.1. The van der Waals surface area contributed by atoms with Gasteiger partial charge in [-0.25, -0.2) is 9.97 Å². The average Bonchev–Trinajstić information content (AvgIpc) is 2.31. The predicted molar refractivity (Wildman–Crippen MR) is 61.9 cm³/mol. The minimum Gasteiger partial charge on any atom is -0.405 e. The van der Waals surface area contributed by atoms with Crippen molar-refractivity contribution in [2.45, 2.75) is 6.36 Å². The molecule has 1 heterocycles. The number of halogens is 4. The van der Waals surface area contributed by atoms with Crippen LogP contribution in [0.4, 0.5) is 13.2 Å². The maximum atomic E-state index is 12.1. The van der Waals surface area contributed by atoms with Crippen molar-refractivity contribution in [3.8, 4) is 16.9 Å². The van der Waals surface area contributed by atoms with E-state index in [-0.39, 0.29) is 10.2 Å². The van der Waals surface area contributed by atoms with E-state index < -0.39 is 6.36 Å². The van der Waals surface area contributed by atoms with E-state index in [0.717, 1.165) is 0 Å². The van der Waals surface area contributed by atoms with Gasteiger partial charge in [-0.3, -0.25) is 0 Å². The van der Waals surface area contributed by atoms with Crippen LogP contribution < -0.4 is 4.74 Å². The maximum Gasteiger partial charge on any atom is 0.573 e. The second-order valence-electron chi connectivity index (χ2n) is 3.32. The first kappa shape index (κ1) is 12.8. The summed E-state index contributed by atoms with van der Waals surface area (Å²) in [4.78, 5) is 7.67. The molecular weight excluding hydrogens is 313 g/mol. The minimum atomic E-state index is -4.71. The summed E-state index contributed by atoms with van der Waals surface area (Å²) in [5, 5.41) is 0. The lowest BCUT2D eigenvalue weighted by atomic mass is 10.1. The molecule has 0 spiro atoms. The highest BCUT2D eigenvalue weighted by Crippen LogP contribution is 2.33. The minimum absolute atomic E-state index is 0.209. The number of hydrogen-bond donors (Lipinski definition) is 0. The molecule has 1 aromatic carbocycles. The molecule has 0 bridgehead atoms. The lowest BCUT2D eigenvalue weighted by molar-refractivity contribution is -0.274. The fourth-order valence-corrected chi connectivity index (χ4v) is 1.80. The van der Waals surface area contributed by atoms with Crippen LogP contribution in [0.3, 0.4) is 0 Å². The van der Waals surface area contributed by atoms with Crippen molar-refractivity contribution in [2.75, 3.05) is 0 Å². The summed E-state index contributed by atoms with van der Waals surface area (Å²) in [5.74, 6) is -0.289. The van der Waals surface area contributed by atoms with E-state index in [1.165, 1.54) is 24.5 Å². The van der Waals surface area contributed by atoms with E-state index in [0.29, 0.717) is 11.1 Å². The predicted octanol–water partition coefficient (Wildman–Crippen LogP) is 3.80. The van der Waals surface area contributed by atoms with Gasteiger partial charge in [0.2, 0.25) is 0 Å². The first-order chi connectivity index (χ1) is 8.46. The van der Waals surface area contributed by atoms with Gasteiger partial charge in [-0.05, 0) is 33.6 Å². The number of aromatic nitrogens is 2. The molecule has 1 aromatic heterocycles. The van der Waals surface area contributed by atoms with E-state index in [1.54, 1.807) is 12.4 Å². The SMILES string of the molecule is FC(F)(F)Oc1ccc(-c2cncnc2)cc1Br. The van der Waals surface area contributed by atoms with Crippen LogP contribution in [0.5, 0.6) is 5.75 Å². The fraction of sp³-hybridized carbons (Fsp3) is 0.0909. The van der Waals surface area contributed by atoms with Gasteiger partial charge in [0.05, 0.1) is 4.47 Å². The van der Waals surface area contributed by atoms with Crippen LogP contribution in [0.15, 0.2) is 41.4 Å². The smallest absolute Gasteiger partial charge is 0.405 e. The molecule has 0 aliphatic heterocycles. The molecule has 0 N–H and O–H groups in total. The number of nitrogens with zero attached hydrogens (tertiary/aromatic N) is 2. The van der Waals surface area contributed by atoms with Gasteiger partial charge in [0.25, 0.3) is 0 Å². The Hall–Kier alpha value is -1.63. The van der Waals surface area contributed by atoms with Gasteiger partial charge in [0.15, 0.2) is 0 Å². The lowest BCUT2D eigenvalue weighted by Crippen LogP contribution is -2.17. The standard InChI is InChI=1S/C11H6BrF3N2O/c12-9-3-7(8-4-16-6-17-5-8)1-2-10(9)18-11(13,14)15/h1-6H. The van der Waals surface area contributed by atoms with Gasteiger partial charge >= 0.3 is 6.36 Å². The summed E-state index contributed by atoms with van der Waals surface area (Å²) in [7, 11) is 0. The first-order valence-electron chi connectivity index (χ1n) is 4.76. The number of alkyl halides is 3. The quantitative estimate of drug-likeness (QED) is 0.844. The van der Waals surface area contributed by atoms with Crippen molar-refractivity contribution in [2.24, 2.45) is 0 Å². The van der Waals surface area contributed by atoms with E-state index in [2.05, 4.69) is 30.6 Å². The summed E-state index contributed by atoms with van der Waals surface area (Å²) < 4.78 is 40.3. The van der Waals surface area contributed by atoms with E-state index in [4.69, 9.17) is 0 Å². The fourth-order valence-electron chi connectivity index (χ4n) is 1.34. The zero-order valence-corrected chi connectivity index (χ0v) is 10.4. The van der Waals surface area contributed by atoms with Crippen LogP contribution >= 0.6 is 15.9 Å². The van der Waals surface area contributed by atoms with Crippen LogP contribution in [-0.4, -0.2) is 16.3 Å². The van der Waals surface area contributed by atoms with Gasteiger partial charge in [-0.2, -0.15) is 0 Å². The van der Waals surface area contributed by atoms with Crippen molar-refractivity contribution in [1.29, 1.82) is 0 Å². The molecule has 0 radical (unpaired) electrons. The summed E-state index contributed by atoms with van der Waals surface area (Å²) in [6, 6.07) is 4.25. The summed E-state index contributed by atoms with van der Waals surface area (Å²) in [5.41, 5.74) is 1.40. The number of rotatable bonds is 2. The first-order valence-corrected chi connectivity index (χ1v) is 5.56. The Bertz CT molecular complexity index is 546. The Morgan fingerprint density at radius 1 is 1.06 bits per heavy atom.